The van der Waals surface area contributed by atoms with E-state index >= 15 is 0 Å². The first-order chi connectivity index (χ1) is 6.31. The summed E-state index contributed by atoms with van der Waals surface area (Å²) in [5.41, 5.74) is 1.15. The third kappa shape index (κ3) is 2.51. The van der Waals surface area contributed by atoms with Crippen molar-refractivity contribution in [3.05, 3.63) is 0 Å². The highest BCUT2D eigenvalue weighted by Gasteiger charge is 2.38. The molecule has 1 fully saturated rings. The van der Waals surface area contributed by atoms with E-state index in [1.807, 2.05) is 20.8 Å². The Balaban J connectivity index is 0.000000396. The van der Waals surface area contributed by atoms with Gasteiger partial charge in [0.25, 0.3) is 0 Å². The number of hydrogen-bond donors (Lipinski definition) is 0. The molecule has 1 unspecified atom stereocenters. The number of nitrogens with zero attached hydrogens (tertiary/aromatic N) is 1. The van der Waals surface area contributed by atoms with Crippen molar-refractivity contribution < 1.29 is 9.47 Å². The Bertz CT molecular complexity index is 183. The molecule has 2 heterocycles. The van der Waals surface area contributed by atoms with Crippen molar-refractivity contribution in [2.45, 2.75) is 45.8 Å². The zero-order valence-electron chi connectivity index (χ0n) is 8.80. The van der Waals surface area contributed by atoms with Gasteiger partial charge >= 0.3 is 0 Å². The summed E-state index contributed by atoms with van der Waals surface area (Å²) >= 11 is 0. The molecule has 1 atom stereocenters. The van der Waals surface area contributed by atoms with Gasteiger partial charge in [-0.05, 0) is 13.3 Å². The smallest absolute Gasteiger partial charge is 0.175 e. The van der Waals surface area contributed by atoms with Crippen molar-refractivity contribution in [2.24, 2.45) is 4.99 Å². The molecule has 3 nitrogen and oxygen atoms in total. The topological polar surface area (TPSA) is 30.8 Å². The average Bonchev–Trinajstić information content (AvgIpc) is 2.56. The van der Waals surface area contributed by atoms with Gasteiger partial charge in [-0.3, -0.25) is 4.99 Å². The van der Waals surface area contributed by atoms with Crippen LogP contribution in [-0.4, -0.2) is 24.8 Å². The van der Waals surface area contributed by atoms with Gasteiger partial charge in [0, 0.05) is 18.6 Å². The highest BCUT2D eigenvalue weighted by atomic mass is 16.7. The highest BCUT2D eigenvalue weighted by Crippen LogP contribution is 2.32. The number of rotatable bonds is 0. The first-order valence-corrected chi connectivity index (χ1v) is 5.09. The van der Waals surface area contributed by atoms with Crippen LogP contribution in [0.2, 0.25) is 0 Å². The van der Waals surface area contributed by atoms with E-state index in [2.05, 4.69) is 4.99 Å². The third-order valence-electron chi connectivity index (χ3n) is 2.25. The Hall–Kier alpha value is -0.410. The fourth-order valence-electron chi connectivity index (χ4n) is 1.68. The lowest BCUT2D eigenvalue weighted by molar-refractivity contribution is -0.208. The van der Waals surface area contributed by atoms with E-state index in [0.29, 0.717) is 6.73 Å². The van der Waals surface area contributed by atoms with Gasteiger partial charge in [0.15, 0.2) is 5.79 Å². The molecule has 2 aliphatic heterocycles. The Morgan fingerprint density at radius 2 is 2.08 bits per heavy atom. The summed E-state index contributed by atoms with van der Waals surface area (Å²) in [4.78, 5) is 4.16. The van der Waals surface area contributed by atoms with Crippen LogP contribution in [0.1, 0.15) is 40.0 Å². The Morgan fingerprint density at radius 1 is 1.31 bits per heavy atom. The van der Waals surface area contributed by atoms with Crippen LogP contribution in [-0.2, 0) is 9.47 Å². The van der Waals surface area contributed by atoms with Crippen LogP contribution in [0.25, 0.3) is 0 Å². The molecule has 0 aromatic carbocycles. The number of hydrogen-bond acceptors (Lipinski definition) is 3. The largest absolute Gasteiger partial charge is 0.349 e. The molecule has 13 heavy (non-hydrogen) atoms. The van der Waals surface area contributed by atoms with Gasteiger partial charge in [-0.25, -0.2) is 0 Å². The molecule has 0 radical (unpaired) electrons. The van der Waals surface area contributed by atoms with Crippen molar-refractivity contribution in [2.75, 3.05) is 13.3 Å². The van der Waals surface area contributed by atoms with E-state index in [0.717, 1.165) is 31.6 Å². The zero-order valence-corrected chi connectivity index (χ0v) is 8.80. The summed E-state index contributed by atoms with van der Waals surface area (Å²) in [5, 5.41) is 0. The van der Waals surface area contributed by atoms with E-state index in [4.69, 9.17) is 9.47 Å². The lowest BCUT2D eigenvalue weighted by atomic mass is 10.1. The fourth-order valence-corrected chi connectivity index (χ4v) is 1.68. The number of aliphatic imine (C=N–C) groups is 1. The predicted molar refractivity (Wildman–Crippen MR) is 52.9 cm³/mol. The third-order valence-corrected chi connectivity index (χ3v) is 2.25. The van der Waals surface area contributed by atoms with Crippen LogP contribution >= 0.6 is 0 Å². The molecular weight excluding hydrogens is 166 g/mol. The summed E-state index contributed by atoms with van der Waals surface area (Å²) in [6.45, 7) is 7.35. The molecule has 0 aliphatic carbocycles. The Labute approximate surface area is 80.1 Å². The summed E-state index contributed by atoms with van der Waals surface area (Å²) in [6, 6.07) is 0. The van der Waals surface area contributed by atoms with Crippen LogP contribution in [0.3, 0.4) is 0 Å². The van der Waals surface area contributed by atoms with E-state index in [1.165, 1.54) is 0 Å². The molecule has 0 saturated carbocycles. The monoisotopic (exact) mass is 185 g/mol. The maximum Gasteiger partial charge on any atom is 0.175 e. The number of ether oxygens (including phenoxy) is 2. The van der Waals surface area contributed by atoms with Gasteiger partial charge < -0.3 is 9.47 Å². The molecule has 0 aromatic rings. The fraction of sp³-hybridized carbons (Fsp3) is 0.900. The molecule has 2 aliphatic rings. The van der Waals surface area contributed by atoms with Gasteiger partial charge in [0.05, 0.1) is 6.61 Å². The first kappa shape index (κ1) is 10.7. The van der Waals surface area contributed by atoms with E-state index in [1.54, 1.807) is 0 Å². The second-order valence-corrected chi connectivity index (χ2v) is 3.21. The zero-order chi connectivity index (χ0) is 9.73. The SMILES string of the molecule is CC.CC1=NCOC2(CCCO2)C1. The van der Waals surface area contributed by atoms with E-state index in [9.17, 15) is 0 Å². The van der Waals surface area contributed by atoms with E-state index in [-0.39, 0.29) is 5.79 Å². The molecule has 76 valence electrons. The van der Waals surface area contributed by atoms with Crippen LogP contribution in [0.4, 0.5) is 0 Å². The van der Waals surface area contributed by atoms with Crippen LogP contribution < -0.4 is 0 Å². The van der Waals surface area contributed by atoms with Crippen molar-refractivity contribution in [1.29, 1.82) is 0 Å². The molecule has 0 aromatic heterocycles. The van der Waals surface area contributed by atoms with Crippen molar-refractivity contribution >= 4 is 5.71 Å². The normalized spacial score (nSPS) is 32.4. The van der Waals surface area contributed by atoms with Crippen molar-refractivity contribution in [1.82, 2.24) is 0 Å². The Morgan fingerprint density at radius 3 is 2.62 bits per heavy atom. The molecule has 0 amide bonds. The minimum absolute atomic E-state index is 0.286. The minimum Gasteiger partial charge on any atom is -0.349 e. The second-order valence-electron chi connectivity index (χ2n) is 3.21. The van der Waals surface area contributed by atoms with Gasteiger partial charge in [-0.2, -0.15) is 0 Å². The van der Waals surface area contributed by atoms with Gasteiger partial charge in [0.2, 0.25) is 0 Å². The predicted octanol–water partition coefficient (Wildman–Crippen LogP) is 2.36. The molecular formula is C10H19NO2. The summed E-state index contributed by atoms with van der Waals surface area (Å²) in [7, 11) is 0. The average molecular weight is 185 g/mol. The van der Waals surface area contributed by atoms with Crippen LogP contribution in [0.5, 0.6) is 0 Å². The Kier molecular flexibility index (Phi) is 3.88. The molecule has 0 N–H and O–H groups in total. The lowest BCUT2D eigenvalue weighted by Gasteiger charge is -2.30. The van der Waals surface area contributed by atoms with Gasteiger partial charge in [-0.1, -0.05) is 13.8 Å². The maximum absolute atomic E-state index is 5.55. The summed E-state index contributed by atoms with van der Waals surface area (Å²) in [5.74, 6) is -0.286. The quantitative estimate of drug-likeness (QED) is 0.580. The van der Waals surface area contributed by atoms with Crippen molar-refractivity contribution in [3.63, 3.8) is 0 Å². The molecule has 0 bridgehead atoms. The lowest BCUT2D eigenvalue weighted by Crippen LogP contribution is -2.37. The van der Waals surface area contributed by atoms with Crippen molar-refractivity contribution in [3.8, 4) is 0 Å². The molecule has 2 rings (SSSR count). The van der Waals surface area contributed by atoms with E-state index < -0.39 is 0 Å². The molecule has 1 spiro atoms. The standard InChI is InChI=1S/C8H13NO2.C2H6/c1-7-5-8(11-6-9-7)3-2-4-10-8;1-2/h2-6H2,1H3;1-2H3. The van der Waals surface area contributed by atoms with Gasteiger partial charge in [0.1, 0.15) is 6.73 Å². The van der Waals surface area contributed by atoms with Crippen LogP contribution in [0, 0.1) is 0 Å². The maximum atomic E-state index is 5.55. The van der Waals surface area contributed by atoms with Crippen LogP contribution in [0.15, 0.2) is 4.99 Å². The highest BCUT2D eigenvalue weighted by molar-refractivity contribution is 5.83. The second kappa shape index (κ2) is 4.72. The molecule has 3 heteroatoms. The minimum atomic E-state index is -0.286. The first-order valence-electron chi connectivity index (χ1n) is 5.09. The molecule has 1 saturated heterocycles. The summed E-state index contributed by atoms with van der Waals surface area (Å²) < 4.78 is 11.0. The van der Waals surface area contributed by atoms with Gasteiger partial charge in [-0.15, -0.1) is 0 Å². The summed E-state index contributed by atoms with van der Waals surface area (Å²) in [6.07, 6.45) is 3.00.